The van der Waals surface area contributed by atoms with Crippen LogP contribution in [-0.4, -0.2) is 28.0 Å². The third-order valence-electron chi connectivity index (χ3n) is 2.24. The molecule has 0 aromatic heterocycles. The normalized spacial score (nSPS) is 13.9. The van der Waals surface area contributed by atoms with Crippen LogP contribution in [-0.2, 0) is 9.53 Å². The first-order valence-corrected chi connectivity index (χ1v) is 6.77. The second-order valence-corrected chi connectivity index (χ2v) is 6.94. The number of allylic oxidation sites excluding steroid dienone is 1. The van der Waals surface area contributed by atoms with Crippen LogP contribution in [0.2, 0.25) is 4.31 Å². The van der Waals surface area contributed by atoms with Gasteiger partial charge in [0.2, 0.25) is 0 Å². The molecule has 0 heterocycles. The Hall–Kier alpha value is -1.05. The molecular formula is C13H16O2Se. The molecule has 86 valence electrons. The van der Waals surface area contributed by atoms with Gasteiger partial charge in [0.1, 0.15) is 0 Å². The van der Waals surface area contributed by atoms with Crippen molar-refractivity contribution in [2.75, 3.05) is 7.11 Å². The van der Waals surface area contributed by atoms with E-state index in [4.69, 9.17) is 4.74 Å². The molecule has 2 nitrogen and oxygen atoms in total. The minimum absolute atomic E-state index is 0.0511. The first-order chi connectivity index (χ1) is 7.62. The van der Waals surface area contributed by atoms with Gasteiger partial charge >= 0.3 is 103 Å². The van der Waals surface area contributed by atoms with Gasteiger partial charge in [0.05, 0.1) is 0 Å². The van der Waals surface area contributed by atoms with E-state index in [9.17, 15) is 4.79 Å². The molecule has 0 aliphatic carbocycles. The molecule has 0 N–H and O–H groups in total. The number of hydrogen-bond donors (Lipinski definition) is 0. The number of ether oxygens (including phenoxy) is 1. The second-order valence-electron chi connectivity index (χ2n) is 3.63. The molecule has 1 aromatic rings. The van der Waals surface area contributed by atoms with Crippen LogP contribution in [0.25, 0.3) is 0 Å². The van der Waals surface area contributed by atoms with Crippen molar-refractivity contribution >= 4 is 25.4 Å². The van der Waals surface area contributed by atoms with Crippen molar-refractivity contribution in [3.63, 3.8) is 0 Å². The summed E-state index contributed by atoms with van der Waals surface area (Å²) in [4.78, 5) is 11.8. The Morgan fingerprint density at radius 1 is 1.50 bits per heavy atom. The van der Waals surface area contributed by atoms with Gasteiger partial charge in [-0.05, 0) is 0 Å². The van der Waals surface area contributed by atoms with Crippen molar-refractivity contribution in [1.29, 1.82) is 0 Å². The standard InChI is InChI=1S/C13H16O2Se/c1-4-10-13(2,12(14)15-3)16-11-8-6-5-7-9-11/h4-9H,1,10H2,2-3H3. The number of hydrogen-bond acceptors (Lipinski definition) is 2. The summed E-state index contributed by atoms with van der Waals surface area (Å²) in [5.41, 5.74) is 0. The molecule has 16 heavy (non-hydrogen) atoms. The van der Waals surface area contributed by atoms with Gasteiger partial charge in [0.25, 0.3) is 0 Å². The van der Waals surface area contributed by atoms with Crippen molar-refractivity contribution in [3.05, 3.63) is 43.0 Å². The van der Waals surface area contributed by atoms with E-state index < -0.39 is 4.31 Å². The Balaban J connectivity index is 2.87. The van der Waals surface area contributed by atoms with Gasteiger partial charge in [-0.15, -0.1) is 0 Å². The molecule has 3 heteroatoms. The molecule has 0 saturated carbocycles. The van der Waals surface area contributed by atoms with Gasteiger partial charge in [-0.3, -0.25) is 0 Å². The van der Waals surface area contributed by atoms with Gasteiger partial charge in [-0.1, -0.05) is 0 Å². The molecule has 0 amide bonds. The maximum absolute atomic E-state index is 11.8. The van der Waals surface area contributed by atoms with Crippen molar-refractivity contribution in [2.45, 2.75) is 17.7 Å². The van der Waals surface area contributed by atoms with Crippen LogP contribution in [0.4, 0.5) is 0 Å². The Morgan fingerprint density at radius 2 is 2.12 bits per heavy atom. The number of esters is 1. The van der Waals surface area contributed by atoms with E-state index in [2.05, 4.69) is 6.58 Å². The van der Waals surface area contributed by atoms with E-state index in [0.29, 0.717) is 6.42 Å². The van der Waals surface area contributed by atoms with Crippen molar-refractivity contribution in [2.24, 2.45) is 0 Å². The monoisotopic (exact) mass is 284 g/mol. The van der Waals surface area contributed by atoms with Crippen LogP contribution in [0.5, 0.6) is 0 Å². The summed E-state index contributed by atoms with van der Waals surface area (Å²) in [6, 6.07) is 10.0. The van der Waals surface area contributed by atoms with Crippen LogP contribution >= 0.6 is 0 Å². The topological polar surface area (TPSA) is 26.3 Å². The van der Waals surface area contributed by atoms with Crippen LogP contribution in [0.3, 0.4) is 0 Å². The molecule has 1 rings (SSSR count). The van der Waals surface area contributed by atoms with Crippen molar-refractivity contribution in [3.8, 4) is 0 Å². The van der Waals surface area contributed by atoms with Gasteiger partial charge in [0, 0.05) is 0 Å². The molecular weight excluding hydrogens is 267 g/mol. The van der Waals surface area contributed by atoms with Gasteiger partial charge in [-0.25, -0.2) is 0 Å². The average molecular weight is 283 g/mol. The van der Waals surface area contributed by atoms with E-state index in [-0.39, 0.29) is 20.9 Å². The SMILES string of the molecule is C=CCC(C)([Se]c1ccccc1)C(=O)OC. The maximum atomic E-state index is 11.8. The summed E-state index contributed by atoms with van der Waals surface area (Å²) in [6.07, 6.45) is 2.43. The zero-order valence-electron chi connectivity index (χ0n) is 9.60. The quantitative estimate of drug-likeness (QED) is 0.469. The minimum atomic E-state index is -0.454. The fourth-order valence-electron chi connectivity index (χ4n) is 1.41. The van der Waals surface area contributed by atoms with Crippen LogP contribution in [0.15, 0.2) is 43.0 Å². The first kappa shape index (κ1) is 13.0. The zero-order chi connectivity index (χ0) is 12.0. The first-order valence-electron chi connectivity index (χ1n) is 5.06. The third kappa shape index (κ3) is 3.22. The molecule has 1 aromatic carbocycles. The van der Waals surface area contributed by atoms with E-state index in [0.717, 1.165) is 0 Å². The second kappa shape index (κ2) is 5.88. The van der Waals surface area contributed by atoms with Crippen molar-refractivity contribution in [1.82, 2.24) is 0 Å². The van der Waals surface area contributed by atoms with Gasteiger partial charge in [-0.2, -0.15) is 0 Å². The number of benzene rings is 1. The summed E-state index contributed by atoms with van der Waals surface area (Å²) in [7, 11) is 1.44. The fraction of sp³-hybridized carbons (Fsp3) is 0.308. The van der Waals surface area contributed by atoms with E-state index in [1.165, 1.54) is 11.6 Å². The predicted molar refractivity (Wildman–Crippen MR) is 67.0 cm³/mol. The Kier molecular flexibility index (Phi) is 4.78. The van der Waals surface area contributed by atoms with E-state index in [1.54, 1.807) is 6.08 Å². The summed E-state index contributed by atoms with van der Waals surface area (Å²) in [5.74, 6) is -0.156. The molecule has 0 aliphatic heterocycles. The molecule has 0 radical (unpaired) electrons. The molecule has 0 saturated heterocycles. The van der Waals surface area contributed by atoms with Gasteiger partial charge < -0.3 is 0 Å². The molecule has 0 fully saturated rings. The number of carbonyl (C=O) groups excluding carboxylic acids is 1. The Labute approximate surface area is 103 Å². The molecule has 1 unspecified atom stereocenters. The summed E-state index contributed by atoms with van der Waals surface area (Å²) >= 11 is 0.0511. The van der Waals surface area contributed by atoms with Crippen LogP contribution in [0, 0.1) is 0 Å². The molecule has 0 bridgehead atoms. The van der Waals surface area contributed by atoms with E-state index in [1.807, 2.05) is 37.3 Å². The van der Waals surface area contributed by atoms with Crippen LogP contribution in [0.1, 0.15) is 13.3 Å². The molecule has 1 atom stereocenters. The fourth-order valence-corrected chi connectivity index (χ4v) is 3.89. The zero-order valence-corrected chi connectivity index (χ0v) is 11.3. The average Bonchev–Trinajstić information content (AvgIpc) is 2.29. The Bertz CT molecular complexity index is 361. The predicted octanol–water partition coefficient (Wildman–Crippen LogP) is 1.94. The number of carbonyl (C=O) groups is 1. The summed E-state index contributed by atoms with van der Waals surface area (Å²) < 4.78 is 5.61. The summed E-state index contributed by atoms with van der Waals surface area (Å²) in [6.45, 7) is 5.64. The molecule has 0 aliphatic rings. The van der Waals surface area contributed by atoms with Crippen molar-refractivity contribution < 1.29 is 9.53 Å². The number of methoxy groups -OCH3 is 1. The van der Waals surface area contributed by atoms with Crippen LogP contribution < -0.4 is 4.46 Å². The summed E-state index contributed by atoms with van der Waals surface area (Å²) in [5, 5.41) is 0. The Morgan fingerprint density at radius 3 is 2.62 bits per heavy atom. The molecule has 0 spiro atoms. The number of rotatable bonds is 5. The third-order valence-corrected chi connectivity index (χ3v) is 4.95. The van der Waals surface area contributed by atoms with Gasteiger partial charge in [0.15, 0.2) is 0 Å². The van der Waals surface area contributed by atoms with E-state index >= 15 is 0 Å².